The normalized spacial score (nSPS) is 11.2. The Bertz CT molecular complexity index is 865. The molecule has 0 saturated heterocycles. The molecule has 2 aromatic heterocycles. The number of carbonyl (C=O) groups is 1. The molecule has 124 valence electrons. The molecule has 0 aliphatic rings. The number of carbonyl (C=O) groups excluding carboxylic acids is 1. The summed E-state index contributed by atoms with van der Waals surface area (Å²) in [5.41, 5.74) is 3.73. The van der Waals surface area contributed by atoms with Gasteiger partial charge in [-0.15, -0.1) is 0 Å². The summed E-state index contributed by atoms with van der Waals surface area (Å²) in [5, 5.41) is 0. The zero-order valence-corrected chi connectivity index (χ0v) is 14.3. The number of benzene rings is 1. The number of hydrogen-bond donors (Lipinski definition) is 0. The Morgan fingerprint density at radius 3 is 2.83 bits per heavy atom. The topological polar surface area (TPSA) is 43.6 Å². The molecule has 1 aromatic carbocycles. The van der Waals surface area contributed by atoms with E-state index in [9.17, 15) is 4.79 Å². The summed E-state index contributed by atoms with van der Waals surface area (Å²) in [5.74, 6) is 0.932. The van der Waals surface area contributed by atoms with Crippen molar-refractivity contribution >= 4 is 11.4 Å². The number of Topliss-reactive ketones (excluding diaryl/α,β-unsaturated/α-hetero) is 1. The first-order chi connectivity index (χ1) is 11.6. The lowest BCUT2D eigenvalue weighted by atomic mass is 9.94. The molecule has 0 unspecified atom stereocenters. The van der Waals surface area contributed by atoms with Crippen LogP contribution >= 0.6 is 0 Å². The summed E-state index contributed by atoms with van der Waals surface area (Å²) in [4.78, 5) is 16.6. The van der Waals surface area contributed by atoms with E-state index in [1.165, 1.54) is 0 Å². The smallest absolute Gasteiger partial charge is 0.165 e. The van der Waals surface area contributed by atoms with Gasteiger partial charge in [-0.1, -0.05) is 39.0 Å². The molecule has 0 N–H and O–H groups in total. The first-order valence-electron chi connectivity index (χ1n) is 8.30. The molecule has 3 aromatic rings. The average Bonchev–Trinajstić information content (AvgIpc) is 3.06. The fourth-order valence-electron chi connectivity index (χ4n) is 2.82. The van der Waals surface area contributed by atoms with Gasteiger partial charge in [0.1, 0.15) is 18.0 Å². The Balaban J connectivity index is 1.84. The summed E-state index contributed by atoms with van der Waals surface area (Å²) in [6.07, 6.45) is 6.47. The van der Waals surface area contributed by atoms with E-state index in [1.54, 1.807) is 6.20 Å². The number of nitrogens with zero attached hydrogens (tertiary/aromatic N) is 2. The Morgan fingerprint density at radius 1 is 1.25 bits per heavy atom. The molecule has 0 aliphatic carbocycles. The van der Waals surface area contributed by atoms with Crippen LogP contribution in [-0.2, 0) is 13.0 Å². The maximum Gasteiger partial charge on any atom is 0.165 e. The van der Waals surface area contributed by atoms with Gasteiger partial charge in [0.25, 0.3) is 0 Å². The highest BCUT2D eigenvalue weighted by atomic mass is 16.5. The maximum absolute atomic E-state index is 12.4. The van der Waals surface area contributed by atoms with E-state index in [1.807, 2.05) is 61.0 Å². The van der Waals surface area contributed by atoms with Crippen molar-refractivity contribution in [3.63, 3.8) is 0 Å². The van der Waals surface area contributed by atoms with Gasteiger partial charge in [0, 0.05) is 41.2 Å². The fourth-order valence-corrected chi connectivity index (χ4v) is 2.82. The van der Waals surface area contributed by atoms with Crippen LogP contribution in [0, 0.1) is 5.92 Å². The van der Waals surface area contributed by atoms with E-state index >= 15 is 0 Å². The number of ketones is 1. The van der Waals surface area contributed by atoms with Crippen molar-refractivity contribution < 1.29 is 9.53 Å². The van der Waals surface area contributed by atoms with Gasteiger partial charge < -0.3 is 9.14 Å². The second kappa shape index (κ2) is 6.87. The lowest BCUT2D eigenvalue weighted by molar-refractivity contribution is 0.0938. The summed E-state index contributed by atoms with van der Waals surface area (Å²) < 4.78 is 7.99. The van der Waals surface area contributed by atoms with Gasteiger partial charge in [-0.05, 0) is 18.6 Å². The van der Waals surface area contributed by atoms with Gasteiger partial charge in [-0.25, -0.2) is 4.98 Å². The number of hydrogen-bond acceptors (Lipinski definition) is 3. The first kappa shape index (κ1) is 16.2. The quantitative estimate of drug-likeness (QED) is 0.635. The Labute approximate surface area is 142 Å². The third-order valence-electron chi connectivity index (χ3n) is 4.12. The van der Waals surface area contributed by atoms with Crippen molar-refractivity contribution in [1.29, 1.82) is 0 Å². The zero-order valence-electron chi connectivity index (χ0n) is 14.3. The lowest BCUT2D eigenvalue weighted by Gasteiger charge is -2.15. The molecule has 2 heterocycles. The number of imidazole rings is 1. The Kier molecular flexibility index (Phi) is 4.65. The highest BCUT2D eigenvalue weighted by Crippen LogP contribution is 2.26. The van der Waals surface area contributed by atoms with Crippen molar-refractivity contribution in [1.82, 2.24) is 9.38 Å². The molecule has 3 rings (SSSR count). The van der Waals surface area contributed by atoms with Crippen molar-refractivity contribution in [2.75, 3.05) is 0 Å². The van der Waals surface area contributed by atoms with Crippen molar-refractivity contribution in [2.24, 2.45) is 5.92 Å². The van der Waals surface area contributed by atoms with Crippen molar-refractivity contribution in [2.45, 2.75) is 33.8 Å². The van der Waals surface area contributed by atoms with Gasteiger partial charge in [0.05, 0.1) is 0 Å². The van der Waals surface area contributed by atoms with Gasteiger partial charge in [0.2, 0.25) is 0 Å². The molecular weight excluding hydrogens is 300 g/mol. The average molecular weight is 322 g/mol. The van der Waals surface area contributed by atoms with E-state index in [2.05, 4.69) is 11.9 Å². The predicted octanol–water partition coefficient (Wildman–Crippen LogP) is 4.31. The van der Waals surface area contributed by atoms with Crippen LogP contribution in [-0.4, -0.2) is 15.2 Å². The molecule has 0 bridgehead atoms. The Hall–Kier alpha value is -2.62. The largest absolute Gasteiger partial charge is 0.489 e. The second-order valence-electron chi connectivity index (χ2n) is 6.17. The predicted molar refractivity (Wildman–Crippen MR) is 94.5 cm³/mol. The minimum atomic E-state index is -0.0193. The second-order valence-corrected chi connectivity index (χ2v) is 6.17. The molecule has 0 atom stereocenters. The van der Waals surface area contributed by atoms with Gasteiger partial charge in [-0.2, -0.15) is 0 Å². The molecular formula is C20H22N2O2. The van der Waals surface area contributed by atoms with Crippen LogP contribution < -0.4 is 4.74 Å². The molecule has 4 heteroatoms. The summed E-state index contributed by atoms with van der Waals surface area (Å²) >= 11 is 0. The molecule has 0 radical (unpaired) electrons. The van der Waals surface area contributed by atoms with Crippen LogP contribution in [0.4, 0.5) is 0 Å². The fraction of sp³-hybridized carbons (Fsp3) is 0.300. The highest BCUT2D eigenvalue weighted by Gasteiger charge is 2.17. The van der Waals surface area contributed by atoms with Gasteiger partial charge in [-0.3, -0.25) is 4.79 Å². The number of fused-ring (bicyclic) bond motifs is 1. The van der Waals surface area contributed by atoms with Crippen molar-refractivity contribution in [3.05, 3.63) is 65.6 Å². The maximum atomic E-state index is 12.4. The number of ether oxygens (including phenoxy) is 1. The minimum absolute atomic E-state index is 0.0193. The summed E-state index contributed by atoms with van der Waals surface area (Å²) in [7, 11) is 0. The van der Waals surface area contributed by atoms with Gasteiger partial charge >= 0.3 is 0 Å². The molecule has 0 spiro atoms. The van der Waals surface area contributed by atoms with Crippen LogP contribution in [0.5, 0.6) is 5.75 Å². The van der Waals surface area contributed by atoms with E-state index in [-0.39, 0.29) is 11.7 Å². The van der Waals surface area contributed by atoms with Gasteiger partial charge in [0.15, 0.2) is 5.78 Å². The minimum Gasteiger partial charge on any atom is -0.489 e. The SMILES string of the molecule is CCc1c(OCc2ccc3nccn3c2)cccc1C(=O)C(C)C. The number of aromatic nitrogens is 2. The molecule has 0 saturated carbocycles. The van der Waals surface area contributed by atoms with Crippen LogP contribution in [0.2, 0.25) is 0 Å². The Morgan fingerprint density at radius 2 is 2.08 bits per heavy atom. The van der Waals surface area contributed by atoms with Crippen LogP contribution in [0.15, 0.2) is 48.9 Å². The standard InChI is InChI=1S/C20H22N2O2/c1-4-16-17(20(23)14(2)3)6-5-7-18(16)24-13-15-8-9-19-21-10-11-22(19)12-15/h5-12,14H,4,13H2,1-3H3. The van der Waals surface area contributed by atoms with E-state index in [0.717, 1.165) is 34.5 Å². The monoisotopic (exact) mass is 322 g/mol. The van der Waals surface area contributed by atoms with E-state index in [0.29, 0.717) is 6.61 Å². The van der Waals surface area contributed by atoms with Crippen LogP contribution in [0.3, 0.4) is 0 Å². The molecule has 0 aliphatic heterocycles. The molecule has 4 nitrogen and oxygen atoms in total. The number of rotatable bonds is 6. The molecule has 0 fully saturated rings. The number of pyridine rings is 1. The third kappa shape index (κ3) is 3.18. The lowest BCUT2D eigenvalue weighted by Crippen LogP contribution is -2.11. The molecule has 0 amide bonds. The van der Waals surface area contributed by atoms with E-state index < -0.39 is 0 Å². The zero-order chi connectivity index (χ0) is 17.1. The third-order valence-corrected chi connectivity index (χ3v) is 4.12. The van der Waals surface area contributed by atoms with Crippen LogP contribution in [0.1, 0.15) is 42.3 Å². The van der Waals surface area contributed by atoms with Crippen LogP contribution in [0.25, 0.3) is 5.65 Å². The highest BCUT2D eigenvalue weighted by molar-refractivity contribution is 5.99. The first-order valence-corrected chi connectivity index (χ1v) is 8.30. The summed E-state index contributed by atoms with van der Waals surface area (Å²) in [6, 6.07) is 9.70. The summed E-state index contributed by atoms with van der Waals surface area (Å²) in [6.45, 7) is 6.36. The van der Waals surface area contributed by atoms with Crippen molar-refractivity contribution in [3.8, 4) is 5.75 Å². The molecule has 24 heavy (non-hydrogen) atoms. The van der Waals surface area contributed by atoms with E-state index in [4.69, 9.17) is 4.74 Å².